The molecule has 1 rings (SSSR count). The monoisotopic (exact) mass is 210 g/mol. The van der Waals surface area contributed by atoms with Gasteiger partial charge in [0.2, 0.25) is 0 Å². The van der Waals surface area contributed by atoms with Crippen molar-refractivity contribution in [3.8, 4) is 0 Å². The molecule has 2 heteroatoms. The van der Waals surface area contributed by atoms with Gasteiger partial charge in [-0.15, -0.1) is 0 Å². The smallest absolute Gasteiger partial charge is 0.312 e. The molecule has 0 aromatic rings. The van der Waals surface area contributed by atoms with Crippen LogP contribution in [-0.2, 0) is 9.53 Å². The predicted molar refractivity (Wildman–Crippen MR) is 61.4 cm³/mol. The van der Waals surface area contributed by atoms with Crippen molar-refractivity contribution in [1.82, 2.24) is 0 Å². The van der Waals surface area contributed by atoms with Crippen LogP contribution in [0.3, 0.4) is 0 Å². The fourth-order valence-corrected chi connectivity index (χ4v) is 1.91. The van der Waals surface area contributed by atoms with Crippen LogP contribution in [0.4, 0.5) is 0 Å². The van der Waals surface area contributed by atoms with Crippen molar-refractivity contribution in [3.05, 3.63) is 12.2 Å². The molecule has 0 fully saturated rings. The number of esters is 1. The van der Waals surface area contributed by atoms with Crippen LogP contribution in [-0.4, -0.2) is 12.6 Å². The summed E-state index contributed by atoms with van der Waals surface area (Å²) in [5, 5.41) is 0. The summed E-state index contributed by atoms with van der Waals surface area (Å²) in [5.74, 6) is 0.535. The Morgan fingerprint density at radius 2 is 2.27 bits per heavy atom. The van der Waals surface area contributed by atoms with E-state index in [0.29, 0.717) is 12.5 Å². The van der Waals surface area contributed by atoms with Crippen molar-refractivity contribution in [2.45, 2.75) is 40.5 Å². The first-order valence-electron chi connectivity index (χ1n) is 5.85. The number of rotatable bonds is 3. The van der Waals surface area contributed by atoms with Gasteiger partial charge in [-0.2, -0.15) is 0 Å². The molecule has 1 aliphatic rings. The van der Waals surface area contributed by atoms with Crippen LogP contribution < -0.4 is 0 Å². The summed E-state index contributed by atoms with van der Waals surface area (Å²) in [6.45, 7) is 9.05. The summed E-state index contributed by atoms with van der Waals surface area (Å²) in [6.07, 6.45) is 6.22. The maximum Gasteiger partial charge on any atom is 0.312 e. The third-order valence-corrected chi connectivity index (χ3v) is 3.61. The van der Waals surface area contributed by atoms with Crippen LogP contribution in [0, 0.1) is 17.3 Å². The molecule has 0 heterocycles. The van der Waals surface area contributed by atoms with Gasteiger partial charge in [0.15, 0.2) is 0 Å². The number of ether oxygens (including phenoxy) is 1. The molecule has 0 aliphatic heterocycles. The molecule has 0 saturated heterocycles. The highest BCUT2D eigenvalue weighted by atomic mass is 16.5. The lowest BCUT2D eigenvalue weighted by atomic mass is 9.70. The number of carbonyl (C=O) groups excluding carboxylic acids is 1. The summed E-state index contributed by atoms with van der Waals surface area (Å²) >= 11 is 0. The number of carbonyl (C=O) groups is 1. The first-order valence-corrected chi connectivity index (χ1v) is 5.85. The van der Waals surface area contributed by atoms with Crippen LogP contribution >= 0.6 is 0 Å². The van der Waals surface area contributed by atoms with Crippen molar-refractivity contribution in [1.29, 1.82) is 0 Å². The van der Waals surface area contributed by atoms with E-state index in [4.69, 9.17) is 4.74 Å². The second-order valence-electron chi connectivity index (χ2n) is 4.92. The van der Waals surface area contributed by atoms with Crippen LogP contribution in [0.15, 0.2) is 12.2 Å². The molecular formula is C13H22O2. The van der Waals surface area contributed by atoms with Crippen molar-refractivity contribution in [3.63, 3.8) is 0 Å². The maximum absolute atomic E-state index is 11.5. The van der Waals surface area contributed by atoms with E-state index in [0.717, 1.165) is 12.8 Å². The fraction of sp³-hybridized carbons (Fsp3) is 0.769. The predicted octanol–water partition coefficient (Wildman–Crippen LogP) is 3.18. The highest BCUT2D eigenvalue weighted by Gasteiger charge is 2.32. The molecule has 0 amide bonds. The Hall–Kier alpha value is -0.790. The molecule has 0 aromatic heterocycles. The van der Waals surface area contributed by atoms with E-state index in [9.17, 15) is 4.79 Å². The molecule has 2 nitrogen and oxygen atoms in total. The van der Waals surface area contributed by atoms with Gasteiger partial charge in [-0.05, 0) is 31.1 Å². The third-order valence-electron chi connectivity index (χ3n) is 3.61. The van der Waals surface area contributed by atoms with Crippen LogP contribution in [0.2, 0.25) is 0 Å². The lowest BCUT2D eigenvalue weighted by molar-refractivity contribution is -0.146. The quantitative estimate of drug-likeness (QED) is 0.528. The van der Waals surface area contributed by atoms with Gasteiger partial charge in [0, 0.05) is 0 Å². The van der Waals surface area contributed by atoms with Crippen LogP contribution in [0.1, 0.15) is 40.5 Å². The molecule has 0 radical (unpaired) electrons. The zero-order chi connectivity index (χ0) is 11.5. The van der Waals surface area contributed by atoms with E-state index in [-0.39, 0.29) is 17.3 Å². The minimum atomic E-state index is -0.0699. The Morgan fingerprint density at radius 1 is 1.60 bits per heavy atom. The summed E-state index contributed by atoms with van der Waals surface area (Å²) in [6, 6.07) is 0. The third kappa shape index (κ3) is 2.83. The maximum atomic E-state index is 11.5. The summed E-state index contributed by atoms with van der Waals surface area (Å²) in [5.41, 5.74) is 0.253. The molecule has 2 atom stereocenters. The Kier molecular flexibility index (Phi) is 3.95. The molecule has 1 unspecified atom stereocenters. The van der Waals surface area contributed by atoms with Gasteiger partial charge in [-0.1, -0.05) is 32.9 Å². The lowest BCUT2D eigenvalue weighted by Crippen LogP contribution is -2.28. The van der Waals surface area contributed by atoms with Crippen molar-refractivity contribution < 1.29 is 9.53 Å². The lowest BCUT2D eigenvalue weighted by Gasteiger charge is -2.35. The van der Waals surface area contributed by atoms with E-state index in [2.05, 4.69) is 26.8 Å². The van der Waals surface area contributed by atoms with E-state index in [1.165, 1.54) is 0 Å². The average Bonchev–Trinajstić information content (AvgIpc) is 2.19. The number of hydrogen-bond donors (Lipinski definition) is 0. The molecule has 0 spiro atoms. The van der Waals surface area contributed by atoms with Gasteiger partial charge in [0.25, 0.3) is 0 Å². The normalized spacial score (nSPS) is 30.6. The van der Waals surface area contributed by atoms with Crippen LogP contribution in [0.25, 0.3) is 0 Å². The zero-order valence-corrected chi connectivity index (χ0v) is 10.2. The van der Waals surface area contributed by atoms with E-state index in [1.807, 2.05) is 13.0 Å². The van der Waals surface area contributed by atoms with E-state index < -0.39 is 0 Å². The number of allylic oxidation sites excluding steroid dienone is 1. The zero-order valence-electron chi connectivity index (χ0n) is 10.2. The standard InChI is InChI=1S/C13H22O2/c1-5-15-12(14)11-6-8-13(4,9-7-11)10(2)3/h6,8,10-11H,5,7,9H2,1-4H3/t11?,13-/m1/s1. The first-order chi connectivity index (χ1) is 6.99. The minimum Gasteiger partial charge on any atom is -0.466 e. The second-order valence-corrected chi connectivity index (χ2v) is 4.92. The molecule has 0 saturated carbocycles. The van der Waals surface area contributed by atoms with Gasteiger partial charge in [-0.25, -0.2) is 0 Å². The molecule has 1 aliphatic carbocycles. The molecule has 15 heavy (non-hydrogen) atoms. The molecular weight excluding hydrogens is 188 g/mol. The van der Waals surface area contributed by atoms with Gasteiger partial charge in [0.1, 0.15) is 0 Å². The van der Waals surface area contributed by atoms with E-state index in [1.54, 1.807) is 0 Å². The average molecular weight is 210 g/mol. The summed E-state index contributed by atoms with van der Waals surface area (Å²) < 4.78 is 5.02. The largest absolute Gasteiger partial charge is 0.466 e. The summed E-state index contributed by atoms with van der Waals surface area (Å²) in [4.78, 5) is 11.5. The Bertz CT molecular complexity index is 255. The second kappa shape index (κ2) is 4.82. The van der Waals surface area contributed by atoms with Gasteiger partial charge < -0.3 is 4.74 Å². The fourth-order valence-electron chi connectivity index (χ4n) is 1.91. The van der Waals surface area contributed by atoms with Gasteiger partial charge in [0.05, 0.1) is 12.5 Å². The molecule has 86 valence electrons. The highest BCUT2D eigenvalue weighted by molar-refractivity contribution is 5.74. The van der Waals surface area contributed by atoms with Crippen molar-refractivity contribution >= 4 is 5.97 Å². The molecule has 0 aromatic carbocycles. The summed E-state index contributed by atoms with van der Waals surface area (Å²) in [7, 11) is 0. The Balaban J connectivity index is 2.62. The Labute approximate surface area is 92.7 Å². The van der Waals surface area contributed by atoms with Gasteiger partial charge >= 0.3 is 5.97 Å². The minimum absolute atomic E-state index is 0.0169. The van der Waals surface area contributed by atoms with E-state index >= 15 is 0 Å². The van der Waals surface area contributed by atoms with Crippen LogP contribution in [0.5, 0.6) is 0 Å². The molecule has 0 bridgehead atoms. The topological polar surface area (TPSA) is 26.3 Å². The van der Waals surface area contributed by atoms with Gasteiger partial charge in [-0.3, -0.25) is 4.79 Å². The molecule has 0 N–H and O–H groups in total. The Morgan fingerprint density at radius 3 is 2.67 bits per heavy atom. The van der Waals surface area contributed by atoms with Crippen molar-refractivity contribution in [2.75, 3.05) is 6.61 Å². The first kappa shape index (κ1) is 12.3. The highest BCUT2D eigenvalue weighted by Crippen LogP contribution is 2.39. The SMILES string of the molecule is CCOC(=O)C1C=C[C@@](C)(C(C)C)CC1. The van der Waals surface area contributed by atoms with Crippen molar-refractivity contribution in [2.24, 2.45) is 17.3 Å². The number of hydrogen-bond acceptors (Lipinski definition) is 2.